The number of carbonyl (C=O) groups excluding carboxylic acids is 1. The molecular weight excluding hydrogens is 530 g/mol. The van der Waals surface area contributed by atoms with E-state index in [4.69, 9.17) is 5.10 Å². The lowest BCUT2D eigenvalue weighted by Crippen LogP contribution is -2.35. The van der Waals surface area contributed by atoms with Crippen molar-refractivity contribution in [1.82, 2.24) is 19.0 Å². The average Bonchev–Trinajstić information content (AvgIpc) is 3.58. The van der Waals surface area contributed by atoms with Gasteiger partial charge in [-0.05, 0) is 74.2 Å². The first kappa shape index (κ1) is 26.0. The Hall–Kier alpha value is -3.21. The molecule has 0 radical (unpaired) electrons. The summed E-state index contributed by atoms with van der Waals surface area (Å²) < 4.78 is 30.2. The third-order valence-corrected chi connectivity index (χ3v) is 10.3. The van der Waals surface area contributed by atoms with Gasteiger partial charge in [0.15, 0.2) is 5.17 Å². The molecule has 3 aliphatic heterocycles. The predicted molar refractivity (Wildman–Crippen MR) is 155 cm³/mol. The van der Waals surface area contributed by atoms with Gasteiger partial charge in [-0.1, -0.05) is 36.8 Å². The molecule has 3 aliphatic rings. The molecule has 0 bridgehead atoms. The van der Waals surface area contributed by atoms with Gasteiger partial charge < -0.3 is 4.90 Å². The van der Waals surface area contributed by atoms with Crippen LogP contribution in [0.25, 0.3) is 23.0 Å². The monoisotopic (exact) mass is 561 g/mol. The van der Waals surface area contributed by atoms with Gasteiger partial charge in [-0.25, -0.2) is 13.1 Å². The highest BCUT2D eigenvalue weighted by molar-refractivity contribution is 8.18. The second-order valence-corrected chi connectivity index (χ2v) is 13.0. The molecule has 1 aromatic heterocycles. The highest BCUT2D eigenvalue weighted by Gasteiger charge is 2.29. The Bertz CT molecular complexity index is 1530. The van der Waals surface area contributed by atoms with Crippen LogP contribution in [0.1, 0.15) is 44.1 Å². The van der Waals surface area contributed by atoms with Crippen LogP contribution in [0.15, 0.2) is 75.6 Å². The van der Waals surface area contributed by atoms with E-state index in [0.29, 0.717) is 29.3 Å². The van der Waals surface area contributed by atoms with Crippen molar-refractivity contribution in [2.24, 2.45) is 4.99 Å². The fourth-order valence-corrected chi connectivity index (χ4v) is 7.77. The number of carbonyl (C=O) groups is 1. The second kappa shape index (κ2) is 11.1. The summed E-state index contributed by atoms with van der Waals surface area (Å²) in [6.07, 6.45) is 9.96. The normalized spacial score (nSPS) is 20.0. The quantitative estimate of drug-likeness (QED) is 0.400. The molecule has 0 N–H and O–H groups in total. The molecule has 2 saturated heterocycles. The maximum atomic E-state index is 13.4. The van der Waals surface area contributed by atoms with Crippen LogP contribution in [-0.2, 0) is 14.8 Å². The smallest absolute Gasteiger partial charge is 0.286 e. The van der Waals surface area contributed by atoms with Crippen LogP contribution in [-0.4, -0.2) is 64.7 Å². The molecule has 202 valence electrons. The van der Waals surface area contributed by atoms with Gasteiger partial charge in [0.2, 0.25) is 10.0 Å². The van der Waals surface area contributed by atoms with Crippen molar-refractivity contribution in [3.63, 3.8) is 0 Å². The first-order valence-corrected chi connectivity index (χ1v) is 15.8. The lowest BCUT2D eigenvalue weighted by atomic mass is 10.1. The van der Waals surface area contributed by atoms with Gasteiger partial charge in [-0.2, -0.15) is 14.4 Å². The molecule has 3 aromatic rings. The third kappa shape index (κ3) is 5.46. The molecule has 1 amide bonds. The van der Waals surface area contributed by atoms with Gasteiger partial charge in [0.05, 0.1) is 15.5 Å². The summed E-state index contributed by atoms with van der Waals surface area (Å²) in [4.78, 5) is 20.2. The molecule has 4 heterocycles. The number of aliphatic imine (C=N–C) groups is 1. The molecule has 0 unspecified atom stereocenters. The van der Waals surface area contributed by atoms with E-state index in [1.807, 2.05) is 48.7 Å². The highest BCUT2D eigenvalue weighted by Crippen LogP contribution is 2.35. The molecule has 2 aromatic carbocycles. The van der Waals surface area contributed by atoms with Gasteiger partial charge in [-0.15, -0.1) is 0 Å². The zero-order valence-electron chi connectivity index (χ0n) is 21.7. The van der Waals surface area contributed by atoms with Crippen molar-refractivity contribution >= 4 is 38.9 Å². The average molecular weight is 562 g/mol. The Morgan fingerprint density at radius 1 is 0.846 bits per heavy atom. The Morgan fingerprint density at radius 3 is 2.31 bits per heavy atom. The van der Waals surface area contributed by atoms with Crippen molar-refractivity contribution in [1.29, 1.82) is 0 Å². The molecule has 2 fully saturated rings. The van der Waals surface area contributed by atoms with Crippen molar-refractivity contribution in [3.8, 4) is 16.9 Å². The number of piperidine rings is 2. The van der Waals surface area contributed by atoms with Crippen LogP contribution in [0.2, 0.25) is 0 Å². The largest absolute Gasteiger partial charge is 0.351 e. The molecule has 0 aliphatic carbocycles. The number of hydrogen-bond acceptors (Lipinski definition) is 6. The second-order valence-electron chi connectivity index (χ2n) is 10.1. The molecule has 10 heteroatoms. The molecular formula is C29H31N5O3S2. The fraction of sp³-hybridized carbons (Fsp3) is 0.345. The maximum absolute atomic E-state index is 13.4. The fourth-order valence-electron chi connectivity index (χ4n) is 5.25. The predicted octanol–water partition coefficient (Wildman–Crippen LogP) is 5.17. The third-order valence-electron chi connectivity index (χ3n) is 7.35. The van der Waals surface area contributed by atoms with Gasteiger partial charge in [0.1, 0.15) is 5.69 Å². The van der Waals surface area contributed by atoms with E-state index in [1.54, 1.807) is 27.2 Å². The summed E-state index contributed by atoms with van der Waals surface area (Å²) in [6, 6.07) is 16.7. The summed E-state index contributed by atoms with van der Waals surface area (Å²) in [7, 11) is -3.60. The zero-order valence-corrected chi connectivity index (χ0v) is 23.3. The van der Waals surface area contributed by atoms with Crippen LogP contribution in [0, 0.1) is 0 Å². The minimum atomic E-state index is -3.60. The highest BCUT2D eigenvalue weighted by atomic mass is 32.2. The molecule has 6 rings (SSSR count). The van der Waals surface area contributed by atoms with Crippen molar-refractivity contribution in [3.05, 3.63) is 71.3 Å². The summed E-state index contributed by atoms with van der Waals surface area (Å²) in [5.74, 6) is -0.250. The van der Waals surface area contributed by atoms with Crippen molar-refractivity contribution in [2.75, 3.05) is 26.2 Å². The van der Waals surface area contributed by atoms with Gasteiger partial charge >= 0.3 is 0 Å². The van der Waals surface area contributed by atoms with Crippen LogP contribution in [0.5, 0.6) is 0 Å². The van der Waals surface area contributed by atoms with E-state index in [2.05, 4.69) is 9.89 Å². The van der Waals surface area contributed by atoms with Gasteiger partial charge in [-0.3, -0.25) is 4.79 Å². The minimum Gasteiger partial charge on any atom is -0.351 e. The molecule has 39 heavy (non-hydrogen) atoms. The van der Waals surface area contributed by atoms with Crippen molar-refractivity contribution in [2.45, 2.75) is 43.4 Å². The van der Waals surface area contributed by atoms with E-state index in [0.717, 1.165) is 61.6 Å². The van der Waals surface area contributed by atoms with Crippen molar-refractivity contribution < 1.29 is 13.2 Å². The number of hydrogen-bond donors (Lipinski definition) is 0. The number of aromatic nitrogens is 2. The van der Waals surface area contributed by atoms with Crippen LogP contribution in [0.4, 0.5) is 0 Å². The summed E-state index contributed by atoms with van der Waals surface area (Å²) in [6.45, 7) is 2.93. The lowest BCUT2D eigenvalue weighted by Gasteiger charge is -2.27. The van der Waals surface area contributed by atoms with E-state index < -0.39 is 10.0 Å². The lowest BCUT2D eigenvalue weighted by molar-refractivity contribution is -0.113. The van der Waals surface area contributed by atoms with Crippen LogP contribution < -0.4 is 0 Å². The molecule has 0 atom stereocenters. The van der Waals surface area contributed by atoms with Crippen LogP contribution >= 0.6 is 11.8 Å². The zero-order chi connectivity index (χ0) is 26.8. The van der Waals surface area contributed by atoms with Gasteiger partial charge in [0.25, 0.3) is 5.91 Å². The Morgan fingerprint density at radius 2 is 1.56 bits per heavy atom. The Kier molecular flexibility index (Phi) is 7.42. The SMILES string of the molecule is O=C1N=C(N2CCCCC2)SC1=Cc1cn(-c2ccccc2)nc1-c1cccc(S(=O)(=O)N2CCCCC2)c1. The number of thioether (sulfide) groups is 1. The van der Waals surface area contributed by atoms with Crippen LogP contribution in [0.3, 0.4) is 0 Å². The molecule has 0 saturated carbocycles. The number of para-hydroxylation sites is 1. The number of sulfonamides is 1. The standard InChI is InChI=1S/C29H31N5O3S2/c35-28-26(38-29(30-28)32-15-6-2-7-16-32)20-23-21-34(24-12-4-1-5-13-24)31-27(23)22-11-10-14-25(19-22)39(36,37)33-17-8-3-9-18-33/h1,4-5,10-14,19-21H,2-3,6-9,15-18H2. The number of benzene rings is 2. The number of nitrogens with zero attached hydrogens (tertiary/aromatic N) is 5. The first-order valence-electron chi connectivity index (χ1n) is 13.5. The first-order chi connectivity index (χ1) is 19.0. The summed E-state index contributed by atoms with van der Waals surface area (Å²) in [5, 5.41) is 5.62. The van der Waals surface area contributed by atoms with E-state index >= 15 is 0 Å². The summed E-state index contributed by atoms with van der Waals surface area (Å²) in [5.41, 5.74) is 2.90. The number of rotatable bonds is 5. The Balaban J connectivity index is 1.37. The topological polar surface area (TPSA) is 87.9 Å². The number of likely N-dealkylation sites (tertiary alicyclic amines) is 1. The molecule has 0 spiro atoms. The minimum absolute atomic E-state index is 0.250. The summed E-state index contributed by atoms with van der Waals surface area (Å²) >= 11 is 1.40. The Labute approximate surface area is 233 Å². The maximum Gasteiger partial charge on any atom is 0.286 e. The number of amides is 1. The molecule has 8 nitrogen and oxygen atoms in total. The van der Waals surface area contributed by atoms with Gasteiger partial charge in [0, 0.05) is 43.5 Å². The number of amidine groups is 1. The van der Waals surface area contributed by atoms with E-state index in [1.165, 1.54) is 18.2 Å². The van der Waals surface area contributed by atoms with E-state index in [-0.39, 0.29) is 10.8 Å². The van der Waals surface area contributed by atoms with E-state index in [9.17, 15) is 13.2 Å².